The van der Waals surface area contributed by atoms with Crippen molar-refractivity contribution < 1.29 is 13.2 Å². The number of hydrogen-bond acceptors (Lipinski definition) is 3. The van der Waals surface area contributed by atoms with E-state index in [9.17, 15) is 8.42 Å². The SMILES string of the molecule is O=S(=O)(c1ccc(CCCl)cc1)N1CCCOCC1. The summed E-state index contributed by atoms with van der Waals surface area (Å²) in [6, 6.07) is 6.96. The average molecular weight is 304 g/mol. The standard InChI is InChI=1S/C13H18ClNO3S/c14-7-6-12-2-4-13(5-3-12)19(16,17)15-8-1-10-18-11-9-15/h2-5H,1,6-11H2. The Kier molecular flexibility index (Phi) is 5.21. The van der Waals surface area contributed by atoms with Crippen LogP contribution < -0.4 is 0 Å². The molecule has 2 rings (SSSR count). The first-order valence-corrected chi connectivity index (χ1v) is 8.35. The molecule has 1 heterocycles. The number of halogens is 1. The Hall–Kier alpha value is -0.620. The van der Waals surface area contributed by atoms with Gasteiger partial charge >= 0.3 is 0 Å². The van der Waals surface area contributed by atoms with Crippen LogP contribution in [0.15, 0.2) is 29.2 Å². The number of hydrogen-bond donors (Lipinski definition) is 0. The molecule has 1 aromatic carbocycles. The molecule has 0 aromatic heterocycles. The number of sulfonamides is 1. The van der Waals surface area contributed by atoms with E-state index >= 15 is 0 Å². The predicted molar refractivity (Wildman–Crippen MR) is 75.1 cm³/mol. The summed E-state index contributed by atoms with van der Waals surface area (Å²) < 4.78 is 31.7. The molecule has 1 fully saturated rings. The first-order valence-electron chi connectivity index (χ1n) is 6.37. The van der Waals surface area contributed by atoms with Crippen molar-refractivity contribution in [2.75, 3.05) is 32.2 Å². The first kappa shape index (κ1) is 14.8. The van der Waals surface area contributed by atoms with Crippen molar-refractivity contribution in [3.8, 4) is 0 Å². The molecule has 0 aliphatic carbocycles. The van der Waals surface area contributed by atoms with Crippen LogP contribution in [0.4, 0.5) is 0 Å². The van der Waals surface area contributed by atoms with Crippen molar-refractivity contribution in [1.29, 1.82) is 0 Å². The third-order valence-electron chi connectivity index (χ3n) is 3.13. The average Bonchev–Trinajstić information content (AvgIpc) is 2.69. The number of rotatable bonds is 4. The van der Waals surface area contributed by atoms with Crippen LogP contribution in [-0.2, 0) is 21.2 Å². The monoisotopic (exact) mass is 303 g/mol. The van der Waals surface area contributed by atoms with Gasteiger partial charge in [0.25, 0.3) is 0 Å². The van der Waals surface area contributed by atoms with E-state index in [1.807, 2.05) is 12.1 Å². The number of nitrogens with zero attached hydrogens (tertiary/aromatic N) is 1. The Morgan fingerprint density at radius 1 is 1.16 bits per heavy atom. The van der Waals surface area contributed by atoms with E-state index < -0.39 is 10.0 Å². The van der Waals surface area contributed by atoms with E-state index in [1.165, 1.54) is 4.31 Å². The molecule has 1 aliphatic heterocycles. The smallest absolute Gasteiger partial charge is 0.243 e. The molecule has 6 heteroatoms. The lowest BCUT2D eigenvalue weighted by Crippen LogP contribution is -2.33. The van der Waals surface area contributed by atoms with E-state index in [-0.39, 0.29) is 0 Å². The van der Waals surface area contributed by atoms with E-state index in [0.717, 1.165) is 18.4 Å². The van der Waals surface area contributed by atoms with Crippen LogP contribution in [0.1, 0.15) is 12.0 Å². The largest absolute Gasteiger partial charge is 0.380 e. The van der Waals surface area contributed by atoms with E-state index in [1.54, 1.807) is 12.1 Å². The molecule has 106 valence electrons. The molecule has 0 radical (unpaired) electrons. The quantitative estimate of drug-likeness (QED) is 0.798. The maximum Gasteiger partial charge on any atom is 0.243 e. The van der Waals surface area contributed by atoms with Gasteiger partial charge in [0.2, 0.25) is 10.0 Å². The highest BCUT2D eigenvalue weighted by Crippen LogP contribution is 2.18. The van der Waals surface area contributed by atoms with Gasteiger partial charge in [-0.3, -0.25) is 0 Å². The zero-order chi connectivity index (χ0) is 13.7. The second-order valence-corrected chi connectivity index (χ2v) is 6.77. The van der Waals surface area contributed by atoms with Crippen molar-refractivity contribution >= 4 is 21.6 Å². The summed E-state index contributed by atoms with van der Waals surface area (Å²) in [5.41, 5.74) is 1.05. The Labute approximate surface area is 119 Å². The van der Waals surface area contributed by atoms with Crippen molar-refractivity contribution in [2.24, 2.45) is 0 Å². The molecule has 1 aliphatic rings. The van der Waals surface area contributed by atoms with Gasteiger partial charge in [-0.2, -0.15) is 4.31 Å². The second kappa shape index (κ2) is 6.70. The van der Waals surface area contributed by atoms with Gasteiger partial charge in [-0.1, -0.05) is 12.1 Å². The third-order valence-corrected chi connectivity index (χ3v) is 5.23. The van der Waals surface area contributed by atoms with Crippen molar-refractivity contribution in [3.05, 3.63) is 29.8 Å². The lowest BCUT2D eigenvalue weighted by atomic mass is 10.2. The highest BCUT2D eigenvalue weighted by Gasteiger charge is 2.25. The molecule has 4 nitrogen and oxygen atoms in total. The van der Waals surface area contributed by atoms with Crippen LogP contribution in [0, 0.1) is 0 Å². The maximum atomic E-state index is 12.5. The van der Waals surface area contributed by atoms with Gasteiger partial charge in [-0.05, 0) is 30.5 Å². The zero-order valence-electron chi connectivity index (χ0n) is 10.7. The number of benzene rings is 1. The fourth-order valence-electron chi connectivity index (χ4n) is 2.05. The minimum atomic E-state index is -3.40. The fourth-order valence-corrected chi connectivity index (χ4v) is 3.73. The number of aryl methyl sites for hydroxylation is 1. The third kappa shape index (κ3) is 3.69. The summed E-state index contributed by atoms with van der Waals surface area (Å²) in [4.78, 5) is 0.340. The second-order valence-electron chi connectivity index (χ2n) is 4.45. The van der Waals surface area contributed by atoms with Gasteiger partial charge in [0, 0.05) is 25.6 Å². The van der Waals surface area contributed by atoms with Crippen LogP contribution in [0.3, 0.4) is 0 Å². The van der Waals surface area contributed by atoms with Crippen molar-refractivity contribution in [3.63, 3.8) is 0 Å². The van der Waals surface area contributed by atoms with E-state index in [4.69, 9.17) is 16.3 Å². The Morgan fingerprint density at radius 3 is 2.58 bits per heavy atom. The van der Waals surface area contributed by atoms with Gasteiger partial charge in [0.05, 0.1) is 11.5 Å². The van der Waals surface area contributed by atoms with Crippen LogP contribution in [0.5, 0.6) is 0 Å². The summed E-state index contributed by atoms with van der Waals surface area (Å²) in [5, 5.41) is 0. The van der Waals surface area contributed by atoms with E-state index in [0.29, 0.717) is 37.1 Å². The summed E-state index contributed by atoms with van der Waals surface area (Å²) in [7, 11) is -3.40. The van der Waals surface area contributed by atoms with Gasteiger partial charge in [0.15, 0.2) is 0 Å². The minimum absolute atomic E-state index is 0.340. The van der Waals surface area contributed by atoms with Crippen molar-refractivity contribution in [2.45, 2.75) is 17.7 Å². The molecule has 0 saturated carbocycles. The van der Waals surface area contributed by atoms with Gasteiger partial charge in [-0.25, -0.2) is 8.42 Å². The summed E-state index contributed by atoms with van der Waals surface area (Å²) >= 11 is 5.67. The molecule has 1 saturated heterocycles. The normalized spacial score (nSPS) is 18.2. The Morgan fingerprint density at radius 2 is 1.89 bits per heavy atom. The predicted octanol–water partition coefficient (Wildman–Crippen LogP) is 1.88. The molecule has 0 unspecified atom stereocenters. The lowest BCUT2D eigenvalue weighted by Gasteiger charge is -2.19. The maximum absolute atomic E-state index is 12.5. The van der Waals surface area contributed by atoms with Crippen LogP contribution in [0.2, 0.25) is 0 Å². The Balaban J connectivity index is 2.18. The molecular weight excluding hydrogens is 286 g/mol. The zero-order valence-corrected chi connectivity index (χ0v) is 12.3. The molecule has 0 spiro atoms. The van der Waals surface area contributed by atoms with Gasteiger partial charge < -0.3 is 4.74 Å². The molecule has 0 atom stereocenters. The fraction of sp³-hybridized carbons (Fsp3) is 0.538. The van der Waals surface area contributed by atoms with Crippen LogP contribution in [-0.4, -0.2) is 44.9 Å². The van der Waals surface area contributed by atoms with Crippen molar-refractivity contribution in [1.82, 2.24) is 4.31 Å². The number of alkyl halides is 1. The molecule has 19 heavy (non-hydrogen) atoms. The molecule has 0 amide bonds. The molecular formula is C13H18ClNO3S. The van der Waals surface area contributed by atoms with Gasteiger partial charge in [-0.15, -0.1) is 11.6 Å². The topological polar surface area (TPSA) is 46.6 Å². The first-order chi connectivity index (χ1) is 9.14. The highest BCUT2D eigenvalue weighted by atomic mass is 35.5. The van der Waals surface area contributed by atoms with E-state index in [2.05, 4.69) is 0 Å². The van der Waals surface area contributed by atoms with Crippen LogP contribution >= 0.6 is 11.6 Å². The van der Waals surface area contributed by atoms with Gasteiger partial charge in [0.1, 0.15) is 0 Å². The van der Waals surface area contributed by atoms with Crippen LogP contribution in [0.25, 0.3) is 0 Å². The molecule has 1 aromatic rings. The Bertz CT molecular complexity index is 493. The number of ether oxygens (including phenoxy) is 1. The molecule has 0 bridgehead atoms. The lowest BCUT2D eigenvalue weighted by molar-refractivity contribution is 0.148. The summed E-state index contributed by atoms with van der Waals surface area (Å²) in [5.74, 6) is 0.537. The highest BCUT2D eigenvalue weighted by molar-refractivity contribution is 7.89. The summed E-state index contributed by atoms with van der Waals surface area (Å²) in [6.07, 6.45) is 1.49. The summed E-state index contributed by atoms with van der Waals surface area (Å²) in [6.45, 7) is 2.03. The molecule has 0 N–H and O–H groups in total. The minimum Gasteiger partial charge on any atom is -0.380 e.